The molecule has 4 nitrogen and oxygen atoms in total. The van der Waals surface area contributed by atoms with Gasteiger partial charge >= 0.3 is 0 Å². The lowest BCUT2D eigenvalue weighted by Crippen LogP contribution is -2.50. The maximum atomic E-state index is 4.77. The summed E-state index contributed by atoms with van der Waals surface area (Å²) in [4.78, 5) is 7.14. The van der Waals surface area contributed by atoms with Crippen LogP contribution in [0.2, 0.25) is 0 Å². The van der Waals surface area contributed by atoms with E-state index in [0.717, 1.165) is 41.5 Å². The standard InChI is InChI=1S/C14H17BrN4S/c1-16-19-8-6-18(7-9-19)14-17-13(10-20-14)11-2-4-12(15)5-3-11/h2-5,10,16H,6-9H2,1H3. The van der Waals surface area contributed by atoms with Crippen LogP contribution in [0.1, 0.15) is 0 Å². The van der Waals surface area contributed by atoms with Crippen molar-refractivity contribution in [1.82, 2.24) is 15.4 Å². The van der Waals surface area contributed by atoms with Gasteiger partial charge in [-0.05, 0) is 19.2 Å². The van der Waals surface area contributed by atoms with Crippen molar-refractivity contribution in [2.24, 2.45) is 0 Å². The Balaban J connectivity index is 1.72. The fourth-order valence-electron chi connectivity index (χ4n) is 2.28. The van der Waals surface area contributed by atoms with E-state index < -0.39 is 0 Å². The van der Waals surface area contributed by atoms with Crippen LogP contribution in [0.5, 0.6) is 0 Å². The van der Waals surface area contributed by atoms with E-state index in [1.165, 1.54) is 5.56 Å². The van der Waals surface area contributed by atoms with Crippen LogP contribution in [0.15, 0.2) is 34.1 Å². The van der Waals surface area contributed by atoms with Crippen molar-refractivity contribution < 1.29 is 0 Å². The number of hydrazine groups is 1. The van der Waals surface area contributed by atoms with Gasteiger partial charge in [-0.1, -0.05) is 28.1 Å². The van der Waals surface area contributed by atoms with Crippen LogP contribution in [0.25, 0.3) is 11.3 Å². The molecule has 1 aliphatic rings. The molecule has 1 aromatic carbocycles. The van der Waals surface area contributed by atoms with Gasteiger partial charge in [0.25, 0.3) is 0 Å². The third kappa shape index (κ3) is 3.03. The molecule has 0 amide bonds. The number of aromatic nitrogens is 1. The first-order chi connectivity index (χ1) is 9.76. The SMILES string of the molecule is CNN1CCN(c2nc(-c3ccc(Br)cc3)cs2)CC1. The summed E-state index contributed by atoms with van der Waals surface area (Å²) in [7, 11) is 1.98. The highest BCUT2D eigenvalue weighted by Crippen LogP contribution is 2.28. The lowest BCUT2D eigenvalue weighted by molar-refractivity contribution is 0.195. The molecule has 106 valence electrons. The number of halogens is 1. The number of benzene rings is 1. The summed E-state index contributed by atoms with van der Waals surface area (Å²) in [5, 5.41) is 5.50. The Morgan fingerprint density at radius 2 is 1.85 bits per heavy atom. The van der Waals surface area contributed by atoms with Gasteiger partial charge < -0.3 is 4.90 Å². The first-order valence-corrected chi connectivity index (χ1v) is 8.32. The summed E-state index contributed by atoms with van der Waals surface area (Å²) in [5.41, 5.74) is 5.43. The van der Waals surface area contributed by atoms with Crippen LogP contribution < -0.4 is 10.3 Å². The Hall–Kier alpha value is -0.950. The second-order valence-electron chi connectivity index (χ2n) is 4.72. The van der Waals surface area contributed by atoms with Crippen LogP contribution >= 0.6 is 27.3 Å². The summed E-state index contributed by atoms with van der Waals surface area (Å²) in [6, 6.07) is 8.31. The Kier molecular flexibility index (Phi) is 4.35. The molecule has 0 saturated carbocycles. The molecule has 0 atom stereocenters. The van der Waals surface area contributed by atoms with E-state index in [-0.39, 0.29) is 0 Å². The number of nitrogens with one attached hydrogen (secondary N) is 1. The number of rotatable bonds is 3. The number of hydrogen-bond donors (Lipinski definition) is 1. The fraction of sp³-hybridized carbons (Fsp3) is 0.357. The average Bonchev–Trinajstić information content (AvgIpc) is 2.98. The maximum absolute atomic E-state index is 4.77. The fourth-order valence-corrected chi connectivity index (χ4v) is 3.44. The van der Waals surface area contributed by atoms with Gasteiger partial charge in [-0.3, -0.25) is 5.43 Å². The molecular weight excluding hydrogens is 336 g/mol. The quantitative estimate of drug-likeness (QED) is 0.920. The summed E-state index contributed by atoms with van der Waals surface area (Å²) in [6.07, 6.45) is 0. The Labute approximate surface area is 131 Å². The van der Waals surface area contributed by atoms with Crippen LogP contribution in [-0.2, 0) is 0 Å². The van der Waals surface area contributed by atoms with Gasteiger partial charge in [-0.25, -0.2) is 9.99 Å². The number of piperazine rings is 1. The van der Waals surface area contributed by atoms with E-state index in [1.807, 2.05) is 7.05 Å². The van der Waals surface area contributed by atoms with Crippen molar-refractivity contribution in [1.29, 1.82) is 0 Å². The zero-order valence-corrected chi connectivity index (χ0v) is 13.7. The van der Waals surface area contributed by atoms with E-state index in [2.05, 4.69) is 60.9 Å². The minimum atomic E-state index is 1.02. The Morgan fingerprint density at radius 3 is 2.50 bits per heavy atom. The number of hydrogen-bond acceptors (Lipinski definition) is 5. The predicted octanol–water partition coefficient (Wildman–Crippen LogP) is 2.83. The lowest BCUT2D eigenvalue weighted by atomic mass is 10.2. The zero-order valence-electron chi connectivity index (χ0n) is 11.3. The van der Waals surface area contributed by atoms with Gasteiger partial charge in [-0.2, -0.15) is 0 Å². The van der Waals surface area contributed by atoms with Crippen molar-refractivity contribution >= 4 is 32.4 Å². The largest absolute Gasteiger partial charge is 0.345 e. The molecule has 1 aromatic heterocycles. The van der Waals surface area contributed by atoms with Gasteiger partial charge in [0.15, 0.2) is 5.13 Å². The molecule has 1 aliphatic heterocycles. The van der Waals surface area contributed by atoms with Crippen LogP contribution in [-0.4, -0.2) is 43.2 Å². The molecule has 1 N–H and O–H groups in total. The van der Waals surface area contributed by atoms with E-state index in [9.17, 15) is 0 Å². The molecule has 1 saturated heterocycles. The summed E-state index contributed by atoms with van der Waals surface area (Å²) < 4.78 is 1.10. The highest BCUT2D eigenvalue weighted by atomic mass is 79.9. The van der Waals surface area contributed by atoms with Crippen molar-refractivity contribution in [3.8, 4) is 11.3 Å². The monoisotopic (exact) mass is 352 g/mol. The van der Waals surface area contributed by atoms with Crippen molar-refractivity contribution in [2.45, 2.75) is 0 Å². The van der Waals surface area contributed by atoms with Crippen molar-refractivity contribution in [3.05, 3.63) is 34.1 Å². The van der Waals surface area contributed by atoms with Gasteiger partial charge in [-0.15, -0.1) is 11.3 Å². The smallest absolute Gasteiger partial charge is 0.185 e. The van der Waals surface area contributed by atoms with Gasteiger partial charge in [0.05, 0.1) is 5.69 Å². The predicted molar refractivity (Wildman–Crippen MR) is 88.1 cm³/mol. The second kappa shape index (κ2) is 6.22. The topological polar surface area (TPSA) is 31.4 Å². The number of anilines is 1. The molecule has 2 aromatic rings. The van der Waals surface area contributed by atoms with Crippen LogP contribution in [0.4, 0.5) is 5.13 Å². The first kappa shape index (κ1) is 14.0. The Bertz CT molecular complexity index is 561. The molecule has 0 spiro atoms. The molecule has 20 heavy (non-hydrogen) atoms. The minimum absolute atomic E-state index is 1.02. The number of thiazole rings is 1. The third-order valence-corrected chi connectivity index (χ3v) is 4.93. The van der Waals surface area contributed by atoms with Crippen molar-refractivity contribution in [2.75, 3.05) is 38.1 Å². The normalized spacial score (nSPS) is 16.6. The molecule has 6 heteroatoms. The average molecular weight is 353 g/mol. The molecular formula is C14H17BrN4S. The Morgan fingerprint density at radius 1 is 1.15 bits per heavy atom. The highest BCUT2D eigenvalue weighted by Gasteiger charge is 2.18. The van der Waals surface area contributed by atoms with E-state index >= 15 is 0 Å². The van der Waals surface area contributed by atoms with E-state index in [4.69, 9.17) is 4.98 Å². The van der Waals surface area contributed by atoms with Gasteiger partial charge in [0.2, 0.25) is 0 Å². The molecule has 1 fully saturated rings. The molecule has 0 radical (unpaired) electrons. The van der Waals surface area contributed by atoms with E-state index in [0.29, 0.717) is 0 Å². The minimum Gasteiger partial charge on any atom is -0.345 e. The summed E-state index contributed by atoms with van der Waals surface area (Å²) in [5.74, 6) is 0. The van der Waals surface area contributed by atoms with Crippen molar-refractivity contribution in [3.63, 3.8) is 0 Å². The lowest BCUT2D eigenvalue weighted by Gasteiger charge is -2.33. The van der Waals surface area contributed by atoms with Gasteiger partial charge in [0.1, 0.15) is 0 Å². The summed E-state index contributed by atoms with van der Waals surface area (Å²) in [6.45, 7) is 4.11. The molecule has 0 aliphatic carbocycles. The first-order valence-electron chi connectivity index (χ1n) is 6.65. The maximum Gasteiger partial charge on any atom is 0.185 e. The summed E-state index contributed by atoms with van der Waals surface area (Å²) >= 11 is 5.19. The third-order valence-electron chi connectivity index (χ3n) is 3.50. The molecule has 2 heterocycles. The molecule has 0 bridgehead atoms. The molecule has 3 rings (SSSR count). The molecule has 0 unspecified atom stereocenters. The van der Waals surface area contributed by atoms with Crippen LogP contribution in [0.3, 0.4) is 0 Å². The zero-order chi connectivity index (χ0) is 13.9. The highest BCUT2D eigenvalue weighted by molar-refractivity contribution is 9.10. The second-order valence-corrected chi connectivity index (χ2v) is 6.47. The van der Waals surface area contributed by atoms with E-state index in [1.54, 1.807) is 11.3 Å². The van der Waals surface area contributed by atoms with Crippen LogP contribution in [0, 0.1) is 0 Å². The number of nitrogens with zero attached hydrogens (tertiary/aromatic N) is 3. The van der Waals surface area contributed by atoms with Gasteiger partial charge in [0, 0.05) is 41.6 Å².